The van der Waals surface area contributed by atoms with Crippen LogP contribution in [-0.2, 0) is 0 Å². The van der Waals surface area contributed by atoms with E-state index in [4.69, 9.17) is 4.42 Å². The van der Waals surface area contributed by atoms with Crippen LogP contribution in [-0.4, -0.2) is 18.1 Å². The molecule has 3 nitrogen and oxygen atoms in total. The Labute approximate surface area is 131 Å². The molecule has 0 saturated carbocycles. The zero-order chi connectivity index (χ0) is 15.4. The van der Waals surface area contributed by atoms with Gasteiger partial charge in [-0.2, -0.15) is 0 Å². The van der Waals surface area contributed by atoms with Crippen molar-refractivity contribution >= 4 is 16.7 Å². The summed E-state index contributed by atoms with van der Waals surface area (Å²) in [6, 6.07) is 14.3. The van der Waals surface area contributed by atoms with Gasteiger partial charge in [0.2, 0.25) is 0 Å². The van der Waals surface area contributed by atoms with E-state index < -0.39 is 0 Å². The lowest BCUT2D eigenvalue weighted by Crippen LogP contribution is -2.25. The van der Waals surface area contributed by atoms with Crippen LogP contribution in [0.2, 0.25) is 0 Å². The molecule has 0 aliphatic rings. The van der Waals surface area contributed by atoms with Crippen LogP contribution in [0, 0.1) is 0 Å². The molecule has 0 amide bonds. The fourth-order valence-corrected chi connectivity index (χ4v) is 2.83. The molecule has 2 heterocycles. The summed E-state index contributed by atoms with van der Waals surface area (Å²) in [4.78, 5) is 6.99. The van der Waals surface area contributed by atoms with Crippen LogP contribution in [0.25, 0.3) is 22.4 Å². The first-order valence-corrected chi connectivity index (χ1v) is 8.02. The average Bonchev–Trinajstić information content (AvgIpc) is 2.98. The van der Waals surface area contributed by atoms with E-state index in [1.54, 1.807) is 0 Å². The Morgan fingerprint density at radius 3 is 2.50 bits per heavy atom. The second-order valence-corrected chi connectivity index (χ2v) is 5.51. The molecule has 2 aromatic heterocycles. The van der Waals surface area contributed by atoms with Crippen LogP contribution in [0.4, 0.5) is 5.69 Å². The molecule has 0 unspecified atom stereocenters. The molecule has 0 bridgehead atoms. The summed E-state index contributed by atoms with van der Waals surface area (Å²) >= 11 is 0. The molecule has 0 spiro atoms. The van der Waals surface area contributed by atoms with E-state index in [0.29, 0.717) is 0 Å². The van der Waals surface area contributed by atoms with Gasteiger partial charge >= 0.3 is 0 Å². The summed E-state index contributed by atoms with van der Waals surface area (Å²) in [5.74, 6) is 0.842. The van der Waals surface area contributed by atoms with E-state index in [1.165, 1.54) is 0 Å². The van der Waals surface area contributed by atoms with E-state index in [0.717, 1.165) is 54.0 Å². The molecule has 3 rings (SSSR count). The van der Waals surface area contributed by atoms with Gasteiger partial charge in [0.25, 0.3) is 0 Å². The van der Waals surface area contributed by atoms with E-state index >= 15 is 0 Å². The van der Waals surface area contributed by atoms with Crippen molar-refractivity contribution in [2.24, 2.45) is 0 Å². The Kier molecular flexibility index (Phi) is 4.42. The zero-order valence-electron chi connectivity index (χ0n) is 13.2. The summed E-state index contributed by atoms with van der Waals surface area (Å²) in [6.45, 7) is 6.49. The van der Waals surface area contributed by atoms with Crippen molar-refractivity contribution in [3.8, 4) is 11.5 Å². The Bertz CT molecular complexity index is 709. The van der Waals surface area contributed by atoms with Gasteiger partial charge in [-0.05, 0) is 37.1 Å². The van der Waals surface area contributed by atoms with Crippen LogP contribution in [0.3, 0.4) is 0 Å². The van der Waals surface area contributed by atoms with E-state index in [2.05, 4.69) is 41.9 Å². The van der Waals surface area contributed by atoms with Crippen LogP contribution < -0.4 is 4.90 Å². The SMILES string of the molecule is CCCN(CCC)c1cccnc1-c1cc2ccccc2o1. The monoisotopic (exact) mass is 294 g/mol. The minimum atomic E-state index is 0.842. The number of fused-ring (bicyclic) bond motifs is 1. The van der Waals surface area contributed by atoms with Crippen LogP contribution >= 0.6 is 0 Å². The third-order valence-corrected chi connectivity index (χ3v) is 3.77. The number of rotatable bonds is 6. The van der Waals surface area contributed by atoms with Gasteiger partial charge < -0.3 is 9.32 Å². The number of aromatic nitrogens is 1. The third-order valence-electron chi connectivity index (χ3n) is 3.77. The van der Waals surface area contributed by atoms with Gasteiger partial charge in [-0.15, -0.1) is 0 Å². The maximum Gasteiger partial charge on any atom is 0.155 e. The highest BCUT2D eigenvalue weighted by Crippen LogP contribution is 2.33. The zero-order valence-corrected chi connectivity index (χ0v) is 13.2. The highest BCUT2D eigenvalue weighted by Gasteiger charge is 2.15. The lowest BCUT2D eigenvalue weighted by molar-refractivity contribution is 0.627. The number of pyridine rings is 1. The fraction of sp³-hybridized carbons (Fsp3) is 0.316. The van der Waals surface area contributed by atoms with Crippen LogP contribution in [0.5, 0.6) is 0 Å². The Morgan fingerprint density at radius 1 is 1.00 bits per heavy atom. The molecule has 3 heteroatoms. The molecular weight excluding hydrogens is 272 g/mol. The number of hydrogen-bond donors (Lipinski definition) is 0. The molecule has 0 atom stereocenters. The van der Waals surface area contributed by atoms with Crippen molar-refractivity contribution in [3.05, 3.63) is 48.7 Å². The molecule has 0 saturated heterocycles. The van der Waals surface area contributed by atoms with Gasteiger partial charge in [-0.25, -0.2) is 0 Å². The maximum absolute atomic E-state index is 6.01. The molecule has 3 aromatic rings. The van der Waals surface area contributed by atoms with Gasteiger partial charge in [0, 0.05) is 24.7 Å². The van der Waals surface area contributed by atoms with Crippen molar-refractivity contribution < 1.29 is 4.42 Å². The van der Waals surface area contributed by atoms with E-state index in [-0.39, 0.29) is 0 Å². The quantitative estimate of drug-likeness (QED) is 0.631. The lowest BCUT2D eigenvalue weighted by Gasteiger charge is -2.25. The molecule has 0 aliphatic carbocycles. The number of nitrogens with zero attached hydrogens (tertiary/aromatic N) is 2. The maximum atomic E-state index is 6.01. The Morgan fingerprint density at radius 2 is 1.77 bits per heavy atom. The average molecular weight is 294 g/mol. The van der Waals surface area contributed by atoms with Crippen molar-refractivity contribution in [2.45, 2.75) is 26.7 Å². The Hall–Kier alpha value is -2.29. The number of benzene rings is 1. The topological polar surface area (TPSA) is 29.3 Å². The molecule has 22 heavy (non-hydrogen) atoms. The summed E-state index contributed by atoms with van der Waals surface area (Å²) in [6.07, 6.45) is 4.07. The van der Waals surface area contributed by atoms with Gasteiger partial charge in [-0.1, -0.05) is 32.0 Å². The van der Waals surface area contributed by atoms with Crippen LogP contribution in [0.15, 0.2) is 53.1 Å². The van der Waals surface area contributed by atoms with Crippen molar-refractivity contribution in [1.82, 2.24) is 4.98 Å². The predicted octanol–water partition coefficient (Wildman–Crippen LogP) is 5.12. The standard InChI is InChI=1S/C19H22N2O/c1-3-12-21(13-4-2)16-9-7-11-20-19(16)18-14-15-8-5-6-10-17(15)22-18/h5-11,14H,3-4,12-13H2,1-2H3. The number of hydrogen-bond acceptors (Lipinski definition) is 3. The molecule has 1 aromatic carbocycles. The molecular formula is C19H22N2O. The minimum Gasteiger partial charge on any atom is -0.454 e. The van der Waals surface area contributed by atoms with Crippen molar-refractivity contribution in [3.63, 3.8) is 0 Å². The second-order valence-electron chi connectivity index (χ2n) is 5.51. The first-order valence-electron chi connectivity index (χ1n) is 8.02. The lowest BCUT2D eigenvalue weighted by atomic mass is 10.2. The largest absolute Gasteiger partial charge is 0.454 e. The number of furan rings is 1. The first-order chi connectivity index (χ1) is 10.8. The molecule has 114 valence electrons. The molecule has 0 N–H and O–H groups in total. The van der Waals surface area contributed by atoms with Crippen molar-refractivity contribution in [2.75, 3.05) is 18.0 Å². The second kappa shape index (κ2) is 6.65. The van der Waals surface area contributed by atoms with Gasteiger partial charge in [0.1, 0.15) is 11.3 Å². The highest BCUT2D eigenvalue weighted by molar-refractivity contribution is 5.84. The van der Waals surface area contributed by atoms with Crippen LogP contribution in [0.1, 0.15) is 26.7 Å². The first kappa shape index (κ1) is 14.6. The normalized spacial score (nSPS) is 11.0. The summed E-state index contributed by atoms with van der Waals surface area (Å²) in [5.41, 5.74) is 3.00. The smallest absolute Gasteiger partial charge is 0.155 e. The summed E-state index contributed by atoms with van der Waals surface area (Å²) < 4.78 is 6.01. The van der Waals surface area contributed by atoms with Gasteiger partial charge in [0.05, 0.1) is 5.69 Å². The predicted molar refractivity (Wildman–Crippen MR) is 92.2 cm³/mol. The van der Waals surface area contributed by atoms with Gasteiger partial charge in [0.15, 0.2) is 5.76 Å². The summed E-state index contributed by atoms with van der Waals surface area (Å²) in [5, 5.41) is 1.12. The third kappa shape index (κ3) is 2.84. The molecule has 0 radical (unpaired) electrons. The van der Waals surface area contributed by atoms with E-state index in [9.17, 15) is 0 Å². The molecule has 0 fully saturated rings. The van der Waals surface area contributed by atoms with Gasteiger partial charge in [-0.3, -0.25) is 4.98 Å². The molecule has 0 aliphatic heterocycles. The fourth-order valence-electron chi connectivity index (χ4n) is 2.83. The summed E-state index contributed by atoms with van der Waals surface area (Å²) in [7, 11) is 0. The van der Waals surface area contributed by atoms with Crippen molar-refractivity contribution in [1.29, 1.82) is 0 Å². The minimum absolute atomic E-state index is 0.842. The Balaban J connectivity index is 2.06. The number of anilines is 1. The number of para-hydroxylation sites is 1. The van der Waals surface area contributed by atoms with E-state index in [1.807, 2.05) is 30.5 Å². The highest BCUT2D eigenvalue weighted by atomic mass is 16.3.